The molecular formula is C99H64N2O12Si. The Hall–Kier alpha value is -16.0. The molecule has 2 heterocycles. The number of terminal acetylenes is 1. The number of ketones is 2. The third kappa shape index (κ3) is 35.1. The Kier molecular flexibility index (Phi) is 41.9. The van der Waals surface area contributed by atoms with Gasteiger partial charge in [0, 0.05) is 190 Å². The first kappa shape index (κ1) is 90.4. The average molecular weight is 1500 g/mol. The van der Waals surface area contributed by atoms with E-state index >= 15 is 0 Å². The minimum atomic E-state index is -2.00. The maximum absolute atomic E-state index is 12.7. The number of rotatable bonds is 20. The summed E-state index contributed by atoms with van der Waals surface area (Å²) in [5, 5.41) is 57.4. The van der Waals surface area contributed by atoms with Gasteiger partial charge < -0.3 is 48.5 Å². The Bertz CT molecular complexity index is 6140. The van der Waals surface area contributed by atoms with E-state index in [1.165, 1.54) is 19.9 Å². The Morgan fingerprint density at radius 1 is 0.386 bits per heavy atom. The zero-order valence-electron chi connectivity index (χ0n) is 63.0. The van der Waals surface area contributed by atoms with E-state index in [2.05, 4.69) is 322 Å². The molecule has 114 heavy (non-hydrogen) atoms. The Labute approximate surface area is 669 Å². The second-order valence-electron chi connectivity index (χ2n) is 23.5. The Morgan fingerprint density at radius 3 is 0.886 bits per heavy atom. The number of nitrogens with zero attached hydrogens (tertiary/aromatic N) is 2. The van der Waals surface area contributed by atoms with Crippen LogP contribution in [0, 0.1) is 285 Å². The predicted octanol–water partition coefficient (Wildman–Crippen LogP) is 8.56. The van der Waals surface area contributed by atoms with Gasteiger partial charge in [-0.2, -0.15) is 0 Å². The summed E-state index contributed by atoms with van der Waals surface area (Å²) in [6.07, 6.45) is 2.02. The van der Waals surface area contributed by atoms with E-state index in [0.717, 1.165) is 33.4 Å². The molecule has 0 bridgehead atoms. The maximum Gasteiger partial charge on any atom is 0.192 e. The fourth-order valence-corrected chi connectivity index (χ4v) is 8.72. The van der Waals surface area contributed by atoms with E-state index in [-0.39, 0.29) is 48.6 Å². The van der Waals surface area contributed by atoms with Crippen molar-refractivity contribution in [2.75, 3.05) is 13.2 Å². The highest BCUT2D eigenvalue weighted by Gasteiger charge is 2.45. The van der Waals surface area contributed by atoms with Crippen LogP contribution in [-0.2, 0) is 49.9 Å². The topological polar surface area (TPSA) is 215 Å². The molecule has 546 valence electrons. The molecule has 0 spiro atoms. The molecule has 0 aliphatic heterocycles. The van der Waals surface area contributed by atoms with Gasteiger partial charge in [-0.3, -0.25) is 9.59 Å². The van der Waals surface area contributed by atoms with Gasteiger partial charge in [0.1, 0.15) is 43.4 Å². The van der Waals surface area contributed by atoms with Crippen LogP contribution in [0.5, 0.6) is 0 Å². The summed E-state index contributed by atoms with van der Waals surface area (Å²) in [6.45, 7) is 13.6. The summed E-state index contributed by atoms with van der Waals surface area (Å²) in [7, 11) is -2.00. The van der Waals surface area contributed by atoms with Gasteiger partial charge in [0.25, 0.3) is 0 Å². The zero-order chi connectivity index (χ0) is 82.7. The summed E-state index contributed by atoms with van der Waals surface area (Å²) < 4.78 is 28.1. The van der Waals surface area contributed by atoms with Crippen molar-refractivity contribution in [2.24, 2.45) is 0 Å². The molecular weight excluding hydrogens is 1440 g/mol. The molecule has 0 radical (unpaired) electrons. The Balaban J connectivity index is 0.000000372. The van der Waals surface area contributed by atoms with Crippen molar-refractivity contribution in [1.82, 2.24) is 10.3 Å². The van der Waals surface area contributed by atoms with Crippen LogP contribution >= 0.6 is 0 Å². The number of Topliss-reactive ketones (excluding diaryl/α,β-unsaturated/α-hetero) is 2. The van der Waals surface area contributed by atoms with E-state index in [0.29, 0.717) is 5.76 Å². The van der Waals surface area contributed by atoms with Gasteiger partial charge >= 0.3 is 0 Å². The number of aliphatic hydroxyl groups is 5. The number of aromatic nitrogens is 2. The quantitative estimate of drug-likeness (QED) is 0.0358. The molecule has 0 saturated carbocycles. The molecule has 6 aromatic rings. The molecule has 0 aliphatic carbocycles. The van der Waals surface area contributed by atoms with Crippen LogP contribution in [0.4, 0.5) is 0 Å². The van der Waals surface area contributed by atoms with E-state index in [9.17, 15) is 30.0 Å². The lowest BCUT2D eigenvalue weighted by molar-refractivity contribution is -0.166. The van der Waals surface area contributed by atoms with Gasteiger partial charge in [-0.1, -0.05) is 146 Å². The van der Waals surface area contributed by atoms with Crippen LogP contribution < -0.4 is 0 Å². The number of carbonyl (C=O) groups is 2. The molecule has 0 amide bonds. The van der Waals surface area contributed by atoms with Gasteiger partial charge in [0.15, 0.2) is 42.6 Å². The summed E-state index contributed by atoms with van der Waals surface area (Å²) >= 11 is 0. The molecule has 4 atom stereocenters. The number of ether oxygens (including phenoxy) is 2. The first-order valence-electron chi connectivity index (χ1n) is 33.5. The van der Waals surface area contributed by atoms with Crippen LogP contribution in [0.3, 0.4) is 0 Å². The minimum absolute atomic E-state index is 0.0363. The smallest absolute Gasteiger partial charge is 0.192 e. The van der Waals surface area contributed by atoms with Gasteiger partial charge in [-0.15, -0.1) is 6.42 Å². The first-order chi connectivity index (χ1) is 55.3. The van der Waals surface area contributed by atoms with Crippen molar-refractivity contribution >= 4 is 19.9 Å². The lowest BCUT2D eigenvalue weighted by Gasteiger charge is -2.35. The molecule has 2 aromatic heterocycles. The van der Waals surface area contributed by atoms with Crippen LogP contribution in [0.1, 0.15) is 87.8 Å². The van der Waals surface area contributed by atoms with Crippen molar-refractivity contribution in [3.05, 3.63) is 155 Å². The van der Waals surface area contributed by atoms with Gasteiger partial charge in [-0.25, -0.2) is 0 Å². The van der Waals surface area contributed by atoms with Crippen molar-refractivity contribution < 1.29 is 58.1 Å². The number of hydrogen-bond acceptors (Lipinski definition) is 14. The monoisotopic (exact) mass is 1500 g/mol. The normalized spacial score (nSPS) is 10.0. The molecule has 0 fully saturated rings. The Morgan fingerprint density at radius 2 is 0.640 bits per heavy atom. The van der Waals surface area contributed by atoms with Crippen molar-refractivity contribution in [3.63, 3.8) is 0 Å². The van der Waals surface area contributed by atoms with E-state index in [4.69, 9.17) is 34.5 Å². The van der Waals surface area contributed by atoms with E-state index in [1.54, 1.807) is 13.0 Å². The summed E-state index contributed by atoms with van der Waals surface area (Å²) in [6, 6.07) is 38.2. The molecule has 0 aliphatic rings. The SMILES string of the molecule is C#CC#CC#CC#CC#CC#CC#CC#CC#CC#CC#CC#CC#CC#CC#CC#CC#CC#CC#CC#CC#CC#CC#CC#CC.CC(C)(C)[Si](C)(C)OCc1cc([C@H](O)[C@](C)(OCc2ccc(-c3ccccc3)cc2)C(=O)CO)no1.C[C@@](OCc1ccc(-c2ccccc2)cc1)(C(=O)CO)[C@@H](O)c1cc(CO)on1. The highest BCUT2D eigenvalue weighted by atomic mass is 28.4. The second-order valence-corrected chi connectivity index (χ2v) is 28.4. The van der Waals surface area contributed by atoms with Crippen molar-refractivity contribution in [1.29, 1.82) is 0 Å². The van der Waals surface area contributed by atoms with Crippen LogP contribution in [0.15, 0.2) is 130 Å². The van der Waals surface area contributed by atoms with E-state index in [1.807, 2.05) is 109 Å². The van der Waals surface area contributed by atoms with Gasteiger partial charge in [0.2, 0.25) is 0 Å². The highest BCUT2D eigenvalue weighted by Crippen LogP contribution is 2.38. The highest BCUT2D eigenvalue weighted by molar-refractivity contribution is 6.74. The molecule has 14 nitrogen and oxygen atoms in total. The maximum atomic E-state index is 12.7. The lowest BCUT2D eigenvalue weighted by atomic mass is 9.91. The van der Waals surface area contributed by atoms with Crippen molar-refractivity contribution in [3.8, 4) is 307 Å². The molecule has 4 aromatic carbocycles. The second kappa shape index (κ2) is 52.9. The number of carbonyl (C=O) groups excluding carboxylic acids is 2. The predicted molar refractivity (Wildman–Crippen MR) is 439 cm³/mol. The van der Waals surface area contributed by atoms with Crippen LogP contribution in [-0.4, -0.2) is 80.1 Å². The zero-order valence-corrected chi connectivity index (χ0v) is 64.0. The largest absolute Gasteiger partial charge is 0.409 e. The summed E-state index contributed by atoms with van der Waals surface area (Å²) in [4.78, 5) is 25.0. The third-order valence-corrected chi connectivity index (χ3v) is 19.3. The molecule has 15 heteroatoms. The molecule has 5 N–H and O–H groups in total. The molecule has 0 saturated heterocycles. The molecule has 0 unspecified atom stereocenters. The van der Waals surface area contributed by atoms with Crippen LogP contribution in [0.2, 0.25) is 18.1 Å². The number of aliphatic hydroxyl groups excluding tert-OH is 5. The van der Waals surface area contributed by atoms with Gasteiger partial charge in [-0.05, 0) is 167 Å². The standard InChI is InChI=1S/C49H4.C28H37NO6Si.C22H23NO6/c1-3-5-7-9-11-13-15-17-19-21-23-25-27-29-31-33-35-37-39-41-43-45-47-49-48-46-44-42-40-38-36-34-32-30-28-26-24-22-20-18-16-14-12-10-8-6-4-2;1-27(2,3)36(5,6)34-19-23-16-24(29-35-23)26(32)28(4,25(31)17-30)33-18-20-12-14-22(15-13-20)21-10-8-7-9-11-21;1-22(20(26)13-25,21(27)19-11-18(12-24)29-23-19)28-14-15-7-9-17(10-8-15)16-5-3-2-4-6-16/h1H,2H3;7-16,26,30,32H,17-19H2,1-6H3;2-11,21,24-25,27H,12-14H2,1H3/t;26-,28+;21-,22+/m.00/s1. The first-order valence-corrected chi connectivity index (χ1v) is 36.4. The van der Waals surface area contributed by atoms with Crippen molar-refractivity contribution in [2.45, 2.75) is 110 Å². The lowest BCUT2D eigenvalue weighted by Crippen LogP contribution is -2.46. The number of benzene rings is 4. The average Bonchev–Trinajstić information content (AvgIpc) is 1.56. The third-order valence-electron chi connectivity index (χ3n) is 14.8. The summed E-state index contributed by atoms with van der Waals surface area (Å²) in [5.41, 5.74) is 2.63. The van der Waals surface area contributed by atoms with Gasteiger partial charge in [0.05, 0.1) is 19.8 Å². The summed E-state index contributed by atoms with van der Waals surface area (Å²) in [5.74, 6) is 116. The fraction of sp³-hybridized carbons (Fsp3) is 0.192. The minimum Gasteiger partial charge on any atom is -0.409 e. The number of hydrogen-bond donors (Lipinski definition) is 5. The fourth-order valence-electron chi connectivity index (χ4n) is 7.79. The van der Waals surface area contributed by atoms with E-state index < -0.39 is 56.5 Å². The van der Waals surface area contributed by atoms with Crippen LogP contribution in [0.25, 0.3) is 22.3 Å². The molecule has 6 rings (SSSR count).